The number of halogens is 3. The Kier molecular flexibility index (Phi) is 4.75. The average Bonchev–Trinajstić information content (AvgIpc) is 2.95. The van der Waals surface area contributed by atoms with Crippen molar-refractivity contribution >= 4 is 23.4 Å². The lowest BCUT2D eigenvalue weighted by atomic mass is 9.61. The third-order valence-corrected chi connectivity index (χ3v) is 5.49. The Balaban J connectivity index is 1.85. The summed E-state index contributed by atoms with van der Waals surface area (Å²) in [6, 6.07) is 1.87. The molecule has 1 aliphatic heterocycles. The van der Waals surface area contributed by atoms with Gasteiger partial charge in [-0.3, -0.25) is 9.59 Å². The zero-order valence-electron chi connectivity index (χ0n) is 14.2. The summed E-state index contributed by atoms with van der Waals surface area (Å²) in [6.07, 6.45) is 1.75. The zero-order chi connectivity index (χ0) is 18.4. The van der Waals surface area contributed by atoms with E-state index in [2.05, 4.69) is 24.5 Å². The van der Waals surface area contributed by atoms with Gasteiger partial charge in [-0.25, -0.2) is 8.78 Å². The Labute approximate surface area is 150 Å². The van der Waals surface area contributed by atoms with Crippen LogP contribution in [0.1, 0.15) is 44.7 Å². The largest absolute Gasteiger partial charge is 0.355 e. The Morgan fingerprint density at radius 2 is 2.04 bits per heavy atom. The smallest absolute Gasteiger partial charge is 0.225 e. The maximum absolute atomic E-state index is 14.5. The van der Waals surface area contributed by atoms with Gasteiger partial charge in [0.05, 0.1) is 12.0 Å². The van der Waals surface area contributed by atoms with Crippen LogP contribution in [-0.2, 0) is 9.59 Å². The lowest BCUT2D eigenvalue weighted by Crippen LogP contribution is -2.45. The van der Waals surface area contributed by atoms with Crippen molar-refractivity contribution in [2.45, 2.75) is 39.2 Å². The topological polar surface area (TPSA) is 58.2 Å². The molecule has 7 heteroatoms. The maximum atomic E-state index is 14.5. The van der Waals surface area contributed by atoms with E-state index in [-0.39, 0.29) is 41.7 Å². The molecule has 0 radical (unpaired) electrons. The van der Waals surface area contributed by atoms with E-state index in [4.69, 9.17) is 11.6 Å². The predicted octanol–water partition coefficient (Wildman–Crippen LogP) is 3.35. The summed E-state index contributed by atoms with van der Waals surface area (Å²) in [5.74, 6) is -2.56. The summed E-state index contributed by atoms with van der Waals surface area (Å²) in [7, 11) is 0. The Morgan fingerprint density at radius 1 is 1.36 bits per heavy atom. The second kappa shape index (κ2) is 6.56. The Bertz CT molecular complexity index is 715. The molecule has 1 saturated carbocycles. The van der Waals surface area contributed by atoms with Crippen LogP contribution >= 0.6 is 11.6 Å². The summed E-state index contributed by atoms with van der Waals surface area (Å²) in [5.41, 5.74) is 0.316. The van der Waals surface area contributed by atoms with Gasteiger partial charge in [-0.2, -0.15) is 0 Å². The molecular formula is C18H21ClF2N2O2. The number of rotatable bonds is 4. The van der Waals surface area contributed by atoms with E-state index in [9.17, 15) is 18.4 Å². The first kappa shape index (κ1) is 18.1. The molecular weight excluding hydrogens is 350 g/mol. The first-order chi connectivity index (χ1) is 11.7. The van der Waals surface area contributed by atoms with Crippen molar-refractivity contribution in [3.8, 4) is 0 Å². The van der Waals surface area contributed by atoms with E-state index in [0.717, 1.165) is 18.9 Å². The van der Waals surface area contributed by atoms with Crippen LogP contribution in [-0.4, -0.2) is 18.4 Å². The SMILES string of the molecule is CC1(C)CC([C@@H](NC(=O)C2CNC(=O)C2)c2ccc(F)c(Cl)c2F)C1. The van der Waals surface area contributed by atoms with Gasteiger partial charge in [-0.1, -0.05) is 31.5 Å². The Morgan fingerprint density at radius 3 is 2.60 bits per heavy atom. The third-order valence-electron chi connectivity index (χ3n) is 5.15. The fraction of sp³-hybridized carbons (Fsp3) is 0.556. The van der Waals surface area contributed by atoms with Crippen LogP contribution in [0.25, 0.3) is 0 Å². The molecule has 0 bridgehead atoms. The van der Waals surface area contributed by atoms with E-state index in [1.54, 1.807) is 0 Å². The molecule has 25 heavy (non-hydrogen) atoms. The minimum Gasteiger partial charge on any atom is -0.355 e. The van der Waals surface area contributed by atoms with Gasteiger partial charge in [0.2, 0.25) is 11.8 Å². The Hall–Kier alpha value is -1.69. The van der Waals surface area contributed by atoms with Gasteiger partial charge in [0.1, 0.15) is 16.7 Å². The molecule has 2 N–H and O–H groups in total. The van der Waals surface area contributed by atoms with Crippen LogP contribution in [0.4, 0.5) is 8.78 Å². The van der Waals surface area contributed by atoms with Crippen LogP contribution in [0.5, 0.6) is 0 Å². The monoisotopic (exact) mass is 370 g/mol. The highest BCUT2D eigenvalue weighted by Gasteiger charge is 2.43. The quantitative estimate of drug-likeness (QED) is 0.798. The van der Waals surface area contributed by atoms with Crippen molar-refractivity contribution in [2.75, 3.05) is 6.54 Å². The molecule has 3 rings (SSSR count). The number of hydrogen-bond acceptors (Lipinski definition) is 2. The number of carbonyl (C=O) groups excluding carboxylic acids is 2. The molecule has 0 spiro atoms. The van der Waals surface area contributed by atoms with Crippen molar-refractivity contribution < 1.29 is 18.4 Å². The van der Waals surface area contributed by atoms with E-state index < -0.39 is 28.6 Å². The highest BCUT2D eigenvalue weighted by atomic mass is 35.5. The average molecular weight is 371 g/mol. The summed E-state index contributed by atoms with van der Waals surface area (Å²) in [6.45, 7) is 4.49. The van der Waals surface area contributed by atoms with Crippen molar-refractivity contribution in [3.63, 3.8) is 0 Å². The van der Waals surface area contributed by atoms with E-state index in [0.29, 0.717) is 0 Å². The number of nitrogens with one attached hydrogen (secondary N) is 2. The van der Waals surface area contributed by atoms with Crippen LogP contribution in [0.3, 0.4) is 0 Å². The number of benzene rings is 1. The third kappa shape index (κ3) is 3.64. The molecule has 1 saturated heterocycles. The van der Waals surface area contributed by atoms with Gasteiger partial charge in [0, 0.05) is 18.5 Å². The molecule has 1 aromatic rings. The van der Waals surface area contributed by atoms with E-state index in [1.165, 1.54) is 6.07 Å². The summed E-state index contributed by atoms with van der Waals surface area (Å²) in [4.78, 5) is 23.8. The second-order valence-corrected chi connectivity index (χ2v) is 8.17. The number of amides is 2. The summed E-state index contributed by atoms with van der Waals surface area (Å²) < 4.78 is 28.0. The molecule has 2 atom stereocenters. The van der Waals surface area contributed by atoms with Crippen molar-refractivity contribution in [1.82, 2.24) is 10.6 Å². The van der Waals surface area contributed by atoms with Gasteiger partial charge >= 0.3 is 0 Å². The van der Waals surface area contributed by atoms with E-state index in [1.807, 2.05) is 0 Å². The molecule has 1 heterocycles. The molecule has 2 aliphatic rings. The molecule has 1 aromatic carbocycles. The minimum atomic E-state index is -0.836. The van der Waals surface area contributed by atoms with Crippen molar-refractivity contribution in [1.29, 1.82) is 0 Å². The number of carbonyl (C=O) groups is 2. The zero-order valence-corrected chi connectivity index (χ0v) is 14.9. The van der Waals surface area contributed by atoms with Crippen LogP contribution < -0.4 is 10.6 Å². The fourth-order valence-electron chi connectivity index (χ4n) is 3.89. The van der Waals surface area contributed by atoms with Crippen molar-refractivity contribution in [3.05, 3.63) is 34.4 Å². The highest BCUT2D eigenvalue weighted by Crippen LogP contribution is 2.51. The van der Waals surface area contributed by atoms with Crippen LogP contribution in [0.2, 0.25) is 5.02 Å². The first-order valence-electron chi connectivity index (χ1n) is 8.38. The molecule has 136 valence electrons. The molecule has 1 unspecified atom stereocenters. The van der Waals surface area contributed by atoms with Gasteiger partial charge in [-0.15, -0.1) is 0 Å². The molecule has 2 fully saturated rings. The van der Waals surface area contributed by atoms with Crippen LogP contribution in [0.15, 0.2) is 12.1 Å². The normalized spacial score (nSPS) is 23.7. The maximum Gasteiger partial charge on any atom is 0.225 e. The summed E-state index contributed by atoms with van der Waals surface area (Å²) in [5, 5.41) is 4.93. The predicted molar refractivity (Wildman–Crippen MR) is 89.9 cm³/mol. The lowest BCUT2D eigenvalue weighted by molar-refractivity contribution is -0.128. The van der Waals surface area contributed by atoms with Crippen molar-refractivity contribution in [2.24, 2.45) is 17.3 Å². The molecule has 1 aliphatic carbocycles. The first-order valence-corrected chi connectivity index (χ1v) is 8.76. The molecule has 4 nitrogen and oxygen atoms in total. The standard InChI is InChI=1S/C18H21ClF2N2O2/c1-18(2)6-10(7-18)16(11-3-4-12(20)14(19)15(11)21)23-17(25)9-5-13(24)22-8-9/h3-4,9-10,16H,5-8H2,1-2H3,(H,22,24)(H,23,25)/t9?,16-/m1/s1. The highest BCUT2D eigenvalue weighted by molar-refractivity contribution is 6.31. The second-order valence-electron chi connectivity index (χ2n) is 7.79. The fourth-order valence-corrected chi connectivity index (χ4v) is 4.06. The number of hydrogen-bond donors (Lipinski definition) is 2. The molecule has 2 amide bonds. The minimum absolute atomic E-state index is 0.0417. The van der Waals surface area contributed by atoms with Gasteiger partial charge in [0.25, 0.3) is 0 Å². The van der Waals surface area contributed by atoms with Gasteiger partial charge in [0.15, 0.2) is 0 Å². The van der Waals surface area contributed by atoms with Gasteiger partial charge < -0.3 is 10.6 Å². The lowest BCUT2D eigenvalue weighted by Gasteiger charge is -2.47. The summed E-state index contributed by atoms with van der Waals surface area (Å²) >= 11 is 5.71. The van der Waals surface area contributed by atoms with Gasteiger partial charge in [-0.05, 0) is 30.2 Å². The van der Waals surface area contributed by atoms with Crippen LogP contribution in [0, 0.1) is 28.9 Å². The molecule has 0 aromatic heterocycles. The van der Waals surface area contributed by atoms with E-state index >= 15 is 0 Å².